The molecular weight excluding hydrogens is 320 g/mol. The molecule has 2 heterocycles. The van der Waals surface area contributed by atoms with E-state index in [9.17, 15) is 4.79 Å². The minimum absolute atomic E-state index is 0.0703. The van der Waals surface area contributed by atoms with Crippen LogP contribution in [-0.4, -0.2) is 47.2 Å². The van der Waals surface area contributed by atoms with Crippen molar-refractivity contribution >= 4 is 11.7 Å². The average molecular weight is 342 g/mol. The van der Waals surface area contributed by atoms with Crippen molar-refractivity contribution in [2.75, 3.05) is 25.5 Å². The number of piperidine rings is 1. The first-order valence-corrected chi connectivity index (χ1v) is 8.30. The monoisotopic (exact) mass is 342 g/mol. The zero-order valence-corrected chi connectivity index (χ0v) is 14.4. The van der Waals surface area contributed by atoms with Crippen LogP contribution in [-0.2, 0) is 0 Å². The smallest absolute Gasteiger partial charge is 0.321 e. The molecule has 7 heteroatoms. The van der Waals surface area contributed by atoms with Gasteiger partial charge >= 0.3 is 6.03 Å². The summed E-state index contributed by atoms with van der Waals surface area (Å²) in [7, 11) is 1.60. The molecule has 25 heavy (non-hydrogen) atoms. The number of nitrogens with zero attached hydrogens (tertiary/aromatic N) is 3. The summed E-state index contributed by atoms with van der Waals surface area (Å²) in [6.07, 6.45) is 3.39. The van der Waals surface area contributed by atoms with Crippen LogP contribution in [0.4, 0.5) is 10.5 Å². The van der Waals surface area contributed by atoms with Crippen molar-refractivity contribution < 1.29 is 14.3 Å². The summed E-state index contributed by atoms with van der Waals surface area (Å²) in [6, 6.07) is 8.91. The summed E-state index contributed by atoms with van der Waals surface area (Å²) in [4.78, 5) is 22.6. The van der Waals surface area contributed by atoms with Gasteiger partial charge in [0.25, 0.3) is 0 Å². The summed E-state index contributed by atoms with van der Waals surface area (Å²) in [6.45, 7) is 3.05. The quantitative estimate of drug-likeness (QED) is 0.924. The number of aryl methyl sites for hydroxylation is 1. The summed E-state index contributed by atoms with van der Waals surface area (Å²) in [5.74, 6) is 1.92. The fraction of sp³-hybridized carbons (Fsp3) is 0.389. The van der Waals surface area contributed by atoms with E-state index in [0.29, 0.717) is 36.2 Å². The van der Waals surface area contributed by atoms with Crippen LogP contribution in [0, 0.1) is 6.92 Å². The van der Waals surface area contributed by atoms with Crippen molar-refractivity contribution in [2.45, 2.75) is 25.9 Å². The topological polar surface area (TPSA) is 76.6 Å². The zero-order chi connectivity index (χ0) is 17.6. The van der Waals surface area contributed by atoms with Gasteiger partial charge in [-0.2, -0.15) is 4.98 Å². The maximum atomic E-state index is 12.5. The Bertz CT molecular complexity index is 738. The summed E-state index contributed by atoms with van der Waals surface area (Å²) in [5, 5.41) is 2.91. The number of benzene rings is 1. The maximum Gasteiger partial charge on any atom is 0.321 e. The van der Waals surface area contributed by atoms with Gasteiger partial charge in [-0.25, -0.2) is 9.78 Å². The molecule has 1 aliphatic rings. The number of hydrogen-bond acceptors (Lipinski definition) is 5. The van der Waals surface area contributed by atoms with Gasteiger partial charge in [0.15, 0.2) is 0 Å². The molecule has 0 saturated carbocycles. The first kappa shape index (κ1) is 17.0. The van der Waals surface area contributed by atoms with Gasteiger partial charge in [0, 0.05) is 30.6 Å². The Morgan fingerprint density at radius 2 is 2.24 bits per heavy atom. The van der Waals surface area contributed by atoms with Gasteiger partial charge in [0.1, 0.15) is 17.7 Å². The molecule has 2 aromatic rings. The molecule has 1 N–H and O–H groups in total. The van der Waals surface area contributed by atoms with Gasteiger partial charge in [-0.3, -0.25) is 0 Å². The molecule has 1 aliphatic heterocycles. The lowest BCUT2D eigenvalue weighted by atomic mass is 10.1. The highest BCUT2D eigenvalue weighted by Crippen LogP contribution is 2.20. The molecule has 3 rings (SSSR count). The Balaban J connectivity index is 1.59. The van der Waals surface area contributed by atoms with Gasteiger partial charge in [-0.15, -0.1) is 0 Å². The van der Waals surface area contributed by atoms with Crippen LogP contribution < -0.4 is 14.8 Å². The molecule has 0 spiro atoms. The number of anilines is 1. The van der Waals surface area contributed by atoms with E-state index in [0.717, 1.165) is 12.8 Å². The lowest BCUT2D eigenvalue weighted by molar-refractivity contribution is 0.102. The fourth-order valence-corrected chi connectivity index (χ4v) is 2.79. The molecule has 0 radical (unpaired) electrons. The number of urea groups is 1. The van der Waals surface area contributed by atoms with E-state index >= 15 is 0 Å². The van der Waals surface area contributed by atoms with Gasteiger partial charge in [0.2, 0.25) is 5.88 Å². The molecule has 1 atom stereocenters. The summed E-state index contributed by atoms with van der Waals surface area (Å²) < 4.78 is 11.1. The highest BCUT2D eigenvalue weighted by atomic mass is 16.5. The minimum Gasteiger partial charge on any atom is -0.497 e. The molecule has 132 valence electrons. The Labute approximate surface area is 147 Å². The van der Waals surface area contributed by atoms with Crippen molar-refractivity contribution in [2.24, 2.45) is 0 Å². The van der Waals surface area contributed by atoms with Crippen LogP contribution in [0.3, 0.4) is 0 Å². The van der Waals surface area contributed by atoms with Gasteiger partial charge in [-0.1, -0.05) is 6.07 Å². The SMILES string of the molecule is COc1cccc(NC(=O)N2CCC[C@@H](Oc3ccnc(C)n3)C2)c1. The van der Waals surface area contributed by atoms with Gasteiger partial charge in [0.05, 0.1) is 13.7 Å². The minimum atomic E-state index is -0.138. The Kier molecular flexibility index (Phi) is 5.33. The molecule has 0 unspecified atom stereocenters. The van der Waals surface area contributed by atoms with Crippen molar-refractivity contribution in [3.05, 3.63) is 42.4 Å². The third-order valence-corrected chi connectivity index (χ3v) is 4.02. The van der Waals surface area contributed by atoms with E-state index in [1.165, 1.54) is 0 Å². The second-order valence-corrected chi connectivity index (χ2v) is 5.93. The number of likely N-dealkylation sites (tertiary alicyclic amines) is 1. The number of amides is 2. The first-order valence-electron chi connectivity index (χ1n) is 8.30. The highest BCUT2D eigenvalue weighted by Gasteiger charge is 2.25. The number of nitrogens with one attached hydrogen (secondary N) is 1. The van der Waals surface area contributed by atoms with Crippen LogP contribution in [0.5, 0.6) is 11.6 Å². The normalized spacial score (nSPS) is 17.0. The zero-order valence-electron chi connectivity index (χ0n) is 14.4. The Morgan fingerprint density at radius 1 is 1.36 bits per heavy atom. The summed E-state index contributed by atoms with van der Waals surface area (Å²) in [5.41, 5.74) is 0.707. The molecule has 2 amide bonds. The van der Waals surface area contributed by atoms with Crippen LogP contribution in [0.1, 0.15) is 18.7 Å². The molecule has 1 aromatic heterocycles. The number of rotatable bonds is 4. The Hall–Kier alpha value is -2.83. The van der Waals surface area contributed by atoms with Crippen LogP contribution in [0.25, 0.3) is 0 Å². The number of hydrogen-bond donors (Lipinski definition) is 1. The maximum absolute atomic E-state index is 12.5. The third kappa shape index (κ3) is 4.59. The second-order valence-electron chi connectivity index (χ2n) is 5.93. The van der Waals surface area contributed by atoms with Crippen molar-refractivity contribution in [1.82, 2.24) is 14.9 Å². The molecule has 1 fully saturated rings. The van der Waals surface area contributed by atoms with Crippen LogP contribution >= 0.6 is 0 Å². The molecule has 7 nitrogen and oxygen atoms in total. The van der Waals surface area contributed by atoms with E-state index < -0.39 is 0 Å². The molecule has 1 saturated heterocycles. The molecule has 0 aliphatic carbocycles. The molecular formula is C18H22N4O3. The second kappa shape index (κ2) is 7.83. The molecule has 0 bridgehead atoms. The Morgan fingerprint density at radius 3 is 3.04 bits per heavy atom. The first-order chi connectivity index (χ1) is 12.1. The lowest BCUT2D eigenvalue weighted by Crippen LogP contribution is -2.46. The predicted molar refractivity (Wildman–Crippen MR) is 94.0 cm³/mol. The van der Waals surface area contributed by atoms with Gasteiger partial charge < -0.3 is 19.7 Å². The van der Waals surface area contributed by atoms with E-state index in [2.05, 4.69) is 15.3 Å². The number of methoxy groups -OCH3 is 1. The van der Waals surface area contributed by atoms with Crippen molar-refractivity contribution in [3.8, 4) is 11.6 Å². The number of aromatic nitrogens is 2. The average Bonchev–Trinajstić information content (AvgIpc) is 2.62. The predicted octanol–water partition coefficient (Wildman–Crippen LogP) is 2.87. The van der Waals surface area contributed by atoms with E-state index in [4.69, 9.17) is 9.47 Å². The van der Waals surface area contributed by atoms with Crippen LogP contribution in [0.2, 0.25) is 0 Å². The van der Waals surface area contributed by atoms with E-state index in [1.807, 2.05) is 25.1 Å². The van der Waals surface area contributed by atoms with Crippen molar-refractivity contribution in [1.29, 1.82) is 0 Å². The number of ether oxygens (including phenoxy) is 2. The fourth-order valence-electron chi connectivity index (χ4n) is 2.79. The largest absolute Gasteiger partial charge is 0.497 e. The number of carbonyl (C=O) groups excluding carboxylic acids is 1. The lowest BCUT2D eigenvalue weighted by Gasteiger charge is -2.32. The van der Waals surface area contributed by atoms with Crippen LogP contribution in [0.15, 0.2) is 36.5 Å². The van der Waals surface area contributed by atoms with Gasteiger partial charge in [-0.05, 0) is 31.9 Å². The molecule has 1 aromatic carbocycles. The third-order valence-electron chi connectivity index (χ3n) is 4.02. The van der Waals surface area contributed by atoms with Crippen molar-refractivity contribution in [3.63, 3.8) is 0 Å². The number of carbonyl (C=O) groups is 1. The summed E-state index contributed by atoms with van der Waals surface area (Å²) >= 11 is 0. The highest BCUT2D eigenvalue weighted by molar-refractivity contribution is 5.89. The van der Waals surface area contributed by atoms with E-state index in [1.54, 1.807) is 30.3 Å². The standard InChI is InChI=1S/C18H22N4O3/c1-13-19-9-8-17(20-13)25-16-7-4-10-22(12-16)18(23)21-14-5-3-6-15(11-14)24-2/h3,5-6,8-9,11,16H,4,7,10,12H2,1-2H3,(H,21,23)/t16-/m1/s1. The van der Waals surface area contributed by atoms with E-state index in [-0.39, 0.29) is 12.1 Å².